The van der Waals surface area contributed by atoms with Crippen LogP contribution in [0, 0.1) is 0 Å². The Bertz CT molecular complexity index is 1610. The Kier molecular flexibility index (Phi) is 66.8. The molecule has 0 aromatic rings. The molecule has 0 aromatic carbocycles. The molecule has 0 aliphatic heterocycles. The average Bonchev–Trinajstić information content (AvgIpc) is 0.815. The van der Waals surface area contributed by atoms with Gasteiger partial charge in [-0.2, -0.15) is 0 Å². The second kappa shape index (κ2) is 68.1. The Labute approximate surface area is 611 Å². The number of carbonyl (C=O) groups excluding carboxylic acids is 3. The summed E-state index contributed by atoms with van der Waals surface area (Å²) in [6, 6.07) is 0.118. The van der Waals surface area contributed by atoms with E-state index in [2.05, 4.69) is 57.7 Å². The fraction of sp³-hybridized carbons (Fsp3) is 0.963. The molecule has 590 valence electrons. The van der Waals surface area contributed by atoms with Crippen LogP contribution in [-0.4, -0.2) is 165 Å². The molecule has 0 aliphatic rings. The summed E-state index contributed by atoms with van der Waals surface area (Å²) in [5, 5.41) is 75.4. The van der Waals surface area contributed by atoms with E-state index >= 15 is 0 Å². The van der Waals surface area contributed by atoms with Gasteiger partial charge < -0.3 is 64.4 Å². The molecule has 0 rings (SSSR count). The molecule has 16 nitrogen and oxygen atoms in total. The molecule has 0 heterocycles. The van der Waals surface area contributed by atoms with Gasteiger partial charge in [0.05, 0.1) is 86.6 Å². The number of hydrogen-bond donors (Lipinski definition) is 9. The first kappa shape index (κ1) is 97.2. The van der Waals surface area contributed by atoms with Crippen LogP contribution < -0.4 is 16.0 Å². The summed E-state index contributed by atoms with van der Waals surface area (Å²) >= 11 is 0. The number of carbonyl (C=O) groups is 3. The van der Waals surface area contributed by atoms with Crippen molar-refractivity contribution in [1.29, 1.82) is 0 Å². The zero-order valence-corrected chi connectivity index (χ0v) is 67.1. The zero-order chi connectivity index (χ0) is 73.0. The van der Waals surface area contributed by atoms with E-state index in [1.807, 2.05) is 0 Å². The fourth-order valence-electron chi connectivity index (χ4n) is 13.6. The third-order valence-corrected chi connectivity index (χ3v) is 23.6. The van der Waals surface area contributed by atoms with E-state index in [0.717, 1.165) is 77.2 Å². The molecule has 0 atom stereocenters. The smallest absolute Gasteiger partial charge is 0.394 e. The van der Waals surface area contributed by atoms with Gasteiger partial charge in [-0.1, -0.05) is 342 Å². The first-order valence-electron chi connectivity index (χ1n) is 42.4. The Morgan fingerprint density at radius 1 is 0.273 bits per heavy atom. The van der Waals surface area contributed by atoms with Gasteiger partial charge in [0, 0.05) is 31.7 Å². The monoisotopic (exact) mass is 1430 g/mol. The molecular formula is C82H167N4O12Si+. The summed E-state index contributed by atoms with van der Waals surface area (Å²) in [6.45, 7) is 5.01. The minimum atomic E-state index is -4.36. The lowest BCUT2D eigenvalue weighted by Gasteiger charge is -2.41. The lowest BCUT2D eigenvalue weighted by molar-refractivity contribution is -0.890. The lowest BCUT2D eigenvalue weighted by atomic mass is 10.0. The van der Waals surface area contributed by atoms with Crippen LogP contribution in [0.1, 0.15) is 400 Å². The molecule has 9 N–H and O–H groups in total. The number of amides is 3. The van der Waals surface area contributed by atoms with Crippen molar-refractivity contribution in [2.45, 2.75) is 423 Å². The maximum atomic E-state index is 13.8. The predicted octanol–water partition coefficient (Wildman–Crippen LogP) is 18.3. The van der Waals surface area contributed by atoms with Crippen LogP contribution in [0.3, 0.4) is 0 Å². The van der Waals surface area contributed by atoms with Crippen LogP contribution in [0.5, 0.6) is 0 Å². The van der Waals surface area contributed by atoms with E-state index in [1.54, 1.807) is 0 Å². The summed E-state index contributed by atoms with van der Waals surface area (Å²) in [6.07, 6.45) is 65.8. The maximum Gasteiger partial charge on any atom is 0.501 e. The van der Waals surface area contributed by atoms with Gasteiger partial charge in [0.25, 0.3) is 0 Å². The number of aliphatic hydroxyl groups excluding tert-OH is 6. The molecule has 0 bridgehead atoms. The largest absolute Gasteiger partial charge is 0.501 e. The van der Waals surface area contributed by atoms with Crippen LogP contribution in [0.2, 0.25) is 6.04 Å². The van der Waals surface area contributed by atoms with E-state index < -0.39 is 84.9 Å². The minimum Gasteiger partial charge on any atom is -0.394 e. The number of unbranched alkanes of at least 4 members (excludes halogenated alkanes) is 50. The first-order valence-corrected chi connectivity index (χ1v) is 44.4. The number of rotatable bonds is 80. The van der Waals surface area contributed by atoms with E-state index in [0.29, 0.717) is 36.7 Å². The van der Waals surface area contributed by atoms with Crippen LogP contribution in [0.4, 0.5) is 0 Å². The molecule has 0 unspecified atom stereocenters. The molecule has 0 saturated heterocycles. The number of nitrogens with zero attached hydrogens (tertiary/aromatic N) is 1. The van der Waals surface area contributed by atoms with Crippen molar-refractivity contribution in [3.05, 3.63) is 0 Å². The summed E-state index contributed by atoms with van der Waals surface area (Å²) in [4.78, 5) is 41.4. The standard InChI is InChI=1S/C82H166N4O12Si/c1-7-11-15-19-23-27-30-33-36-39-42-45-49-53-57-62-77(93)83-80(68-87,69-88)74-96-99(67-61-66-86(5,6)65-60-56-52-48-26-22-18-14-10-4,97-75-81(70-89,71-90)84-78(94)63-58-54-50-46-43-40-37-34-31-28-24-20-16-12-8-2)98-76-82(72-91,73-92)85-79(95)64-59-55-51-47-44-41-38-35-32-29-25-21-17-13-9-3/h87-92H,7-76H2,1-6H3,(H2-,83,84,85,93,94,95)/p+1. The van der Waals surface area contributed by atoms with Crippen molar-refractivity contribution in [2.24, 2.45) is 0 Å². The van der Waals surface area contributed by atoms with Crippen molar-refractivity contribution < 1.29 is 62.8 Å². The van der Waals surface area contributed by atoms with Gasteiger partial charge in [-0.15, -0.1) is 0 Å². The molecular weight excluding hydrogens is 1260 g/mol. The topological polar surface area (TPSA) is 236 Å². The second-order valence-corrected chi connectivity index (χ2v) is 34.1. The molecule has 0 spiro atoms. The zero-order valence-electron chi connectivity index (χ0n) is 66.1. The molecule has 17 heteroatoms. The Balaban J connectivity index is 6.57. The van der Waals surface area contributed by atoms with Gasteiger partial charge in [0.2, 0.25) is 17.7 Å². The Morgan fingerprint density at radius 3 is 0.636 bits per heavy atom. The molecule has 0 aliphatic carbocycles. The normalized spacial score (nSPS) is 12.5. The Hall–Kier alpha value is -1.77. The average molecular weight is 1430 g/mol. The highest BCUT2D eigenvalue weighted by molar-refractivity contribution is 6.60. The number of aliphatic hydroxyl groups is 6. The van der Waals surface area contributed by atoms with Gasteiger partial charge in [0.1, 0.15) is 16.6 Å². The fourth-order valence-corrected chi connectivity index (χ4v) is 16.3. The van der Waals surface area contributed by atoms with E-state index in [4.69, 9.17) is 13.3 Å². The quantitative estimate of drug-likeness (QED) is 0.0157. The van der Waals surface area contributed by atoms with Gasteiger partial charge in [-0.3, -0.25) is 14.4 Å². The van der Waals surface area contributed by atoms with Crippen LogP contribution in [0.25, 0.3) is 0 Å². The van der Waals surface area contributed by atoms with Crippen molar-refractivity contribution in [1.82, 2.24) is 16.0 Å². The second-order valence-electron chi connectivity index (χ2n) is 31.4. The molecule has 0 radical (unpaired) electrons. The first-order chi connectivity index (χ1) is 48.1. The highest BCUT2D eigenvalue weighted by Crippen LogP contribution is 2.27. The minimum absolute atomic E-state index is 0.118. The van der Waals surface area contributed by atoms with Gasteiger partial charge in [-0.25, -0.2) is 0 Å². The lowest BCUT2D eigenvalue weighted by Crippen LogP contribution is -2.64. The number of nitrogens with one attached hydrogen (secondary N) is 3. The molecule has 99 heavy (non-hydrogen) atoms. The highest BCUT2D eigenvalue weighted by atomic mass is 28.4. The van der Waals surface area contributed by atoms with Gasteiger partial charge >= 0.3 is 8.80 Å². The van der Waals surface area contributed by atoms with E-state index in [-0.39, 0.29) is 43.0 Å². The SMILES string of the molecule is CCCCCCCCCCCCCCCCCC(=O)NC(CO)(CO)CO[Si](CCC[N+](C)(C)CCCCCCCCCCC)(OCC(CO)(CO)NC(=O)CCCCCCCCCCCCCCCCC)OCC(CO)(CO)NC(=O)CCCCCCCCCCCCCCCCC. The van der Waals surface area contributed by atoms with E-state index in [1.165, 1.54) is 257 Å². The predicted molar refractivity (Wildman–Crippen MR) is 416 cm³/mol. The third-order valence-electron chi connectivity index (χ3n) is 20.9. The van der Waals surface area contributed by atoms with Crippen molar-refractivity contribution in [3.8, 4) is 0 Å². The molecule has 0 saturated carbocycles. The van der Waals surface area contributed by atoms with Crippen molar-refractivity contribution >= 4 is 26.5 Å². The third kappa shape index (κ3) is 56.3. The summed E-state index contributed by atoms with van der Waals surface area (Å²) in [7, 11) is 0.00297. The molecule has 0 fully saturated rings. The molecule has 3 amide bonds. The van der Waals surface area contributed by atoms with Gasteiger partial charge in [-0.05, 0) is 32.1 Å². The summed E-state index contributed by atoms with van der Waals surface area (Å²) in [5.74, 6) is -1.06. The Morgan fingerprint density at radius 2 is 0.444 bits per heavy atom. The van der Waals surface area contributed by atoms with Crippen LogP contribution >= 0.6 is 0 Å². The number of hydrogen-bond acceptors (Lipinski definition) is 12. The van der Waals surface area contributed by atoms with Crippen molar-refractivity contribution in [3.63, 3.8) is 0 Å². The van der Waals surface area contributed by atoms with E-state index in [9.17, 15) is 45.0 Å². The number of quaternary nitrogens is 1. The maximum absolute atomic E-state index is 13.8. The van der Waals surface area contributed by atoms with Gasteiger partial charge in [0.15, 0.2) is 0 Å². The van der Waals surface area contributed by atoms with Crippen LogP contribution in [-0.2, 0) is 27.7 Å². The van der Waals surface area contributed by atoms with Crippen LogP contribution in [0.15, 0.2) is 0 Å². The van der Waals surface area contributed by atoms with Crippen molar-refractivity contribution in [2.75, 3.05) is 86.6 Å². The summed E-state index contributed by atoms with van der Waals surface area (Å²) < 4.78 is 21.3. The highest BCUT2D eigenvalue weighted by Gasteiger charge is 2.49. The summed E-state index contributed by atoms with van der Waals surface area (Å²) in [5.41, 5.74) is -5.08. The molecule has 0 aromatic heterocycles.